The minimum atomic E-state index is -4.31. The normalized spacial score (nSPS) is 17.3. The van der Waals surface area contributed by atoms with E-state index < -0.39 is 11.7 Å². The molecule has 1 aromatic carbocycles. The molecule has 0 atom stereocenters. The fourth-order valence-electron chi connectivity index (χ4n) is 2.73. The van der Waals surface area contributed by atoms with Gasteiger partial charge in [0.15, 0.2) is 0 Å². The Balaban J connectivity index is 2.11. The minimum absolute atomic E-state index is 0.291. The molecule has 21 heavy (non-hydrogen) atoms. The van der Waals surface area contributed by atoms with Crippen LogP contribution in [0.25, 0.3) is 0 Å². The van der Waals surface area contributed by atoms with E-state index in [2.05, 4.69) is 28.2 Å². The van der Waals surface area contributed by atoms with Gasteiger partial charge < -0.3 is 10.2 Å². The predicted molar refractivity (Wildman–Crippen MR) is 82.6 cm³/mol. The van der Waals surface area contributed by atoms with E-state index in [1.165, 1.54) is 6.07 Å². The van der Waals surface area contributed by atoms with Gasteiger partial charge in [0.2, 0.25) is 0 Å². The van der Waals surface area contributed by atoms with Gasteiger partial charge in [-0.15, -0.1) is 0 Å². The van der Waals surface area contributed by atoms with E-state index in [0.29, 0.717) is 29.2 Å². The summed E-state index contributed by atoms with van der Waals surface area (Å²) >= 11 is 3.27. The molecule has 2 rings (SSSR count). The van der Waals surface area contributed by atoms with Crippen molar-refractivity contribution in [2.24, 2.45) is 5.92 Å². The molecule has 1 aliphatic heterocycles. The molecule has 0 aromatic heterocycles. The lowest BCUT2D eigenvalue weighted by molar-refractivity contribution is -0.137. The zero-order valence-electron chi connectivity index (χ0n) is 12.0. The third-order valence-electron chi connectivity index (χ3n) is 3.90. The van der Waals surface area contributed by atoms with Crippen LogP contribution in [0, 0.1) is 5.92 Å². The quantitative estimate of drug-likeness (QED) is 0.856. The van der Waals surface area contributed by atoms with Crippen molar-refractivity contribution in [1.82, 2.24) is 5.32 Å². The van der Waals surface area contributed by atoms with Crippen LogP contribution in [-0.2, 0) is 6.18 Å². The molecule has 0 radical (unpaired) electrons. The lowest BCUT2D eigenvalue weighted by Gasteiger charge is -2.35. The lowest BCUT2D eigenvalue weighted by atomic mass is 9.95. The molecule has 1 N–H and O–H groups in total. The molecule has 1 aliphatic rings. The van der Waals surface area contributed by atoms with E-state index in [-0.39, 0.29) is 0 Å². The summed E-state index contributed by atoms with van der Waals surface area (Å²) in [7, 11) is 0. The summed E-state index contributed by atoms with van der Waals surface area (Å²) in [6.45, 7) is 5.30. The average Bonchev–Trinajstić information content (AvgIpc) is 2.44. The van der Waals surface area contributed by atoms with E-state index in [1.54, 1.807) is 6.07 Å². The van der Waals surface area contributed by atoms with Crippen molar-refractivity contribution in [3.8, 4) is 0 Å². The van der Waals surface area contributed by atoms with Gasteiger partial charge in [-0.25, -0.2) is 0 Å². The molecule has 0 bridgehead atoms. The number of rotatable bonds is 4. The summed E-state index contributed by atoms with van der Waals surface area (Å²) < 4.78 is 40.1. The van der Waals surface area contributed by atoms with Crippen LogP contribution in [0.1, 0.15) is 25.3 Å². The summed E-state index contributed by atoms with van der Waals surface area (Å²) in [5, 5.41) is 3.31. The van der Waals surface area contributed by atoms with E-state index in [4.69, 9.17) is 0 Å². The fraction of sp³-hybridized carbons (Fsp3) is 0.600. The molecule has 0 amide bonds. The van der Waals surface area contributed by atoms with Gasteiger partial charge in [0, 0.05) is 17.6 Å². The van der Waals surface area contributed by atoms with E-state index in [1.807, 2.05) is 4.90 Å². The van der Waals surface area contributed by atoms with Crippen molar-refractivity contribution < 1.29 is 13.2 Å². The molecule has 118 valence electrons. The maximum Gasteiger partial charge on any atom is 0.418 e. The van der Waals surface area contributed by atoms with Crippen LogP contribution in [0.15, 0.2) is 22.7 Å². The predicted octanol–water partition coefficient (Wildman–Crippen LogP) is 4.29. The van der Waals surface area contributed by atoms with Crippen molar-refractivity contribution in [2.75, 3.05) is 31.1 Å². The van der Waals surface area contributed by atoms with Gasteiger partial charge in [-0.3, -0.25) is 0 Å². The minimum Gasteiger partial charge on any atom is -0.371 e. The first kappa shape index (κ1) is 16.6. The zero-order chi connectivity index (χ0) is 15.5. The molecule has 2 nitrogen and oxygen atoms in total. The monoisotopic (exact) mass is 364 g/mol. The van der Waals surface area contributed by atoms with Crippen LogP contribution in [-0.4, -0.2) is 26.2 Å². The summed E-state index contributed by atoms with van der Waals surface area (Å²) in [5.41, 5.74) is -0.255. The van der Waals surface area contributed by atoms with Crippen LogP contribution in [0.3, 0.4) is 0 Å². The number of piperidine rings is 1. The van der Waals surface area contributed by atoms with Gasteiger partial charge in [0.05, 0.1) is 11.3 Å². The number of anilines is 1. The Hall–Kier alpha value is -0.750. The first-order valence-corrected chi connectivity index (χ1v) is 8.03. The molecule has 0 aliphatic carbocycles. The summed E-state index contributed by atoms with van der Waals surface area (Å²) in [5.74, 6) is 0.558. The third kappa shape index (κ3) is 4.36. The summed E-state index contributed by atoms with van der Waals surface area (Å²) in [4.78, 5) is 1.86. The Labute approximate surface area is 131 Å². The number of halogens is 4. The molecule has 0 saturated carbocycles. The van der Waals surface area contributed by atoms with Crippen molar-refractivity contribution >= 4 is 21.6 Å². The molecule has 1 heterocycles. The Morgan fingerprint density at radius 2 is 1.95 bits per heavy atom. The zero-order valence-corrected chi connectivity index (χ0v) is 13.6. The Morgan fingerprint density at radius 1 is 1.29 bits per heavy atom. The average molecular weight is 365 g/mol. The lowest BCUT2D eigenvalue weighted by Crippen LogP contribution is -2.38. The first-order valence-electron chi connectivity index (χ1n) is 7.24. The molecule has 1 fully saturated rings. The summed E-state index contributed by atoms with van der Waals surface area (Å²) in [6, 6.07) is 4.18. The van der Waals surface area contributed by atoms with E-state index >= 15 is 0 Å². The smallest absolute Gasteiger partial charge is 0.371 e. The van der Waals surface area contributed by atoms with Crippen LogP contribution in [0.5, 0.6) is 0 Å². The second-order valence-electron chi connectivity index (χ2n) is 5.40. The second-order valence-corrected chi connectivity index (χ2v) is 6.31. The molecule has 0 unspecified atom stereocenters. The fourth-order valence-corrected chi connectivity index (χ4v) is 3.08. The van der Waals surface area contributed by atoms with Crippen molar-refractivity contribution in [3.63, 3.8) is 0 Å². The number of hydrogen-bond acceptors (Lipinski definition) is 2. The number of hydrogen-bond donors (Lipinski definition) is 1. The van der Waals surface area contributed by atoms with Gasteiger partial charge in [-0.05, 0) is 50.0 Å². The van der Waals surface area contributed by atoms with Gasteiger partial charge in [0.25, 0.3) is 0 Å². The highest BCUT2D eigenvalue weighted by Gasteiger charge is 2.35. The first-order chi connectivity index (χ1) is 9.91. The highest BCUT2D eigenvalue weighted by atomic mass is 79.9. The highest BCUT2D eigenvalue weighted by Crippen LogP contribution is 2.39. The number of nitrogens with zero attached hydrogens (tertiary/aromatic N) is 1. The molecule has 1 aromatic rings. The van der Waals surface area contributed by atoms with Crippen molar-refractivity contribution in [1.29, 1.82) is 0 Å². The molecule has 0 spiro atoms. The molecular weight excluding hydrogens is 345 g/mol. The Morgan fingerprint density at radius 3 is 2.52 bits per heavy atom. The maximum atomic E-state index is 13.1. The molecule has 1 saturated heterocycles. The number of benzene rings is 1. The molecule has 6 heteroatoms. The van der Waals surface area contributed by atoms with Crippen LogP contribution in [0.4, 0.5) is 18.9 Å². The Bertz CT molecular complexity index is 468. The van der Waals surface area contributed by atoms with Gasteiger partial charge >= 0.3 is 6.18 Å². The standard InChI is InChI=1S/C15H20BrF3N2/c1-2-20-10-11-5-7-21(8-6-11)14-9-12(16)3-4-13(14)15(17,18)19/h3-4,9,11,20H,2,5-8,10H2,1H3. The third-order valence-corrected chi connectivity index (χ3v) is 4.40. The van der Waals surface area contributed by atoms with E-state index in [9.17, 15) is 13.2 Å². The summed E-state index contributed by atoms with van der Waals surface area (Å²) in [6.07, 6.45) is -2.45. The maximum absolute atomic E-state index is 13.1. The largest absolute Gasteiger partial charge is 0.418 e. The van der Waals surface area contributed by atoms with Crippen LogP contribution < -0.4 is 10.2 Å². The van der Waals surface area contributed by atoms with E-state index in [0.717, 1.165) is 32.0 Å². The van der Waals surface area contributed by atoms with Gasteiger partial charge in [-0.1, -0.05) is 22.9 Å². The van der Waals surface area contributed by atoms with Gasteiger partial charge in [0.1, 0.15) is 0 Å². The van der Waals surface area contributed by atoms with Gasteiger partial charge in [-0.2, -0.15) is 13.2 Å². The van der Waals surface area contributed by atoms with Crippen LogP contribution >= 0.6 is 15.9 Å². The Kier molecular flexibility index (Phi) is 5.54. The van der Waals surface area contributed by atoms with Crippen molar-refractivity contribution in [2.45, 2.75) is 25.9 Å². The number of alkyl halides is 3. The van der Waals surface area contributed by atoms with Crippen LogP contribution in [0.2, 0.25) is 0 Å². The topological polar surface area (TPSA) is 15.3 Å². The van der Waals surface area contributed by atoms with Crippen molar-refractivity contribution in [3.05, 3.63) is 28.2 Å². The molecular formula is C15H20BrF3N2. The number of nitrogens with one attached hydrogen (secondary N) is 1. The highest BCUT2D eigenvalue weighted by molar-refractivity contribution is 9.10. The second kappa shape index (κ2) is 7.01. The SMILES string of the molecule is CCNCC1CCN(c2cc(Br)ccc2C(F)(F)F)CC1.